The molecule has 0 radical (unpaired) electrons. The zero-order chi connectivity index (χ0) is 18.8. The molecule has 2 aromatic heterocycles. The number of thioether (sulfide) groups is 1. The van der Waals surface area contributed by atoms with E-state index in [9.17, 15) is 14.4 Å². The van der Waals surface area contributed by atoms with Crippen molar-refractivity contribution in [2.24, 2.45) is 11.7 Å². The minimum Gasteiger partial charge on any atom is -0.368 e. The van der Waals surface area contributed by atoms with E-state index in [4.69, 9.17) is 5.73 Å². The fraction of sp³-hybridized carbons (Fsp3) is 0.529. The number of carbonyl (C=O) groups is 2. The van der Waals surface area contributed by atoms with Crippen LogP contribution in [0.1, 0.15) is 30.7 Å². The minimum absolute atomic E-state index is 0.0235. The number of thiophene rings is 1. The van der Waals surface area contributed by atoms with E-state index >= 15 is 0 Å². The molecule has 140 valence electrons. The molecule has 0 fully saturated rings. The van der Waals surface area contributed by atoms with Gasteiger partial charge in [-0.15, -0.1) is 11.3 Å². The van der Waals surface area contributed by atoms with Crippen molar-refractivity contribution >= 4 is 45.1 Å². The second-order valence-corrected chi connectivity index (χ2v) is 8.53. The van der Waals surface area contributed by atoms with Crippen LogP contribution in [0.3, 0.4) is 0 Å². The molecule has 3 N–H and O–H groups in total. The highest BCUT2D eigenvalue weighted by Crippen LogP contribution is 2.36. The maximum absolute atomic E-state index is 13.0. The summed E-state index contributed by atoms with van der Waals surface area (Å²) in [6, 6.07) is 0. The third kappa shape index (κ3) is 3.78. The summed E-state index contributed by atoms with van der Waals surface area (Å²) in [5.41, 5.74) is 6.16. The number of aromatic nitrogens is 2. The van der Waals surface area contributed by atoms with Crippen LogP contribution in [0.15, 0.2) is 9.95 Å². The van der Waals surface area contributed by atoms with Gasteiger partial charge in [0.2, 0.25) is 11.8 Å². The quantitative estimate of drug-likeness (QED) is 0.567. The highest BCUT2D eigenvalue weighted by atomic mass is 32.2. The number of rotatable bonds is 6. The Morgan fingerprint density at radius 1 is 1.46 bits per heavy atom. The number of aryl methyl sites for hydroxylation is 1. The van der Waals surface area contributed by atoms with Gasteiger partial charge in [-0.25, -0.2) is 4.98 Å². The van der Waals surface area contributed by atoms with Crippen LogP contribution in [0.25, 0.3) is 10.2 Å². The summed E-state index contributed by atoms with van der Waals surface area (Å²) >= 11 is 2.80. The lowest BCUT2D eigenvalue weighted by Gasteiger charge is -2.17. The molecule has 2 heterocycles. The van der Waals surface area contributed by atoms with Crippen LogP contribution in [0, 0.1) is 5.92 Å². The van der Waals surface area contributed by atoms with E-state index in [1.807, 2.05) is 6.92 Å². The SMILES string of the molecule is CCn1c(SCC(=O)NCC(N)=O)nc2sc3c(c2c1=O)CC[C@@H](C)C3. The maximum atomic E-state index is 13.0. The molecule has 9 heteroatoms. The summed E-state index contributed by atoms with van der Waals surface area (Å²) in [6.07, 6.45) is 3.03. The van der Waals surface area contributed by atoms with E-state index in [0.717, 1.165) is 29.5 Å². The van der Waals surface area contributed by atoms with Crippen molar-refractivity contribution < 1.29 is 9.59 Å². The number of carbonyl (C=O) groups excluding carboxylic acids is 2. The van der Waals surface area contributed by atoms with Gasteiger partial charge in [0, 0.05) is 11.4 Å². The van der Waals surface area contributed by atoms with Gasteiger partial charge >= 0.3 is 0 Å². The van der Waals surface area contributed by atoms with Gasteiger partial charge in [-0.1, -0.05) is 18.7 Å². The normalized spacial score (nSPS) is 16.5. The van der Waals surface area contributed by atoms with Crippen LogP contribution in [0.5, 0.6) is 0 Å². The molecule has 2 amide bonds. The molecular formula is C17H22N4O3S2. The highest BCUT2D eigenvalue weighted by molar-refractivity contribution is 7.99. The lowest BCUT2D eigenvalue weighted by Crippen LogP contribution is -2.34. The molecule has 1 aliphatic rings. The topological polar surface area (TPSA) is 107 Å². The van der Waals surface area contributed by atoms with Crippen LogP contribution in [-0.2, 0) is 29.0 Å². The van der Waals surface area contributed by atoms with E-state index in [-0.39, 0.29) is 23.8 Å². The molecule has 7 nitrogen and oxygen atoms in total. The van der Waals surface area contributed by atoms with Gasteiger partial charge < -0.3 is 11.1 Å². The number of hydrogen-bond acceptors (Lipinski definition) is 6. The Kier molecular flexibility index (Phi) is 5.67. The van der Waals surface area contributed by atoms with Crippen molar-refractivity contribution in [1.82, 2.24) is 14.9 Å². The number of hydrogen-bond donors (Lipinski definition) is 2. The predicted molar refractivity (Wildman–Crippen MR) is 104 cm³/mol. The fourth-order valence-corrected chi connectivity index (χ4v) is 5.48. The minimum atomic E-state index is -0.591. The van der Waals surface area contributed by atoms with Gasteiger partial charge in [0.05, 0.1) is 17.7 Å². The van der Waals surface area contributed by atoms with Gasteiger partial charge in [-0.3, -0.25) is 19.0 Å². The summed E-state index contributed by atoms with van der Waals surface area (Å²) in [6.45, 7) is 4.43. The molecule has 3 rings (SSSR count). The Labute approximate surface area is 159 Å². The number of fused-ring (bicyclic) bond motifs is 3. The van der Waals surface area contributed by atoms with E-state index in [1.54, 1.807) is 15.9 Å². The molecule has 0 unspecified atom stereocenters. The first-order valence-corrected chi connectivity index (χ1v) is 10.4. The maximum Gasteiger partial charge on any atom is 0.263 e. The van der Waals surface area contributed by atoms with E-state index in [0.29, 0.717) is 17.6 Å². The van der Waals surface area contributed by atoms with Crippen LogP contribution in [-0.4, -0.2) is 33.7 Å². The average Bonchev–Trinajstić information content (AvgIpc) is 2.95. The molecule has 2 aromatic rings. The molecule has 0 bridgehead atoms. The van der Waals surface area contributed by atoms with Crippen molar-refractivity contribution in [2.75, 3.05) is 12.3 Å². The molecule has 0 spiro atoms. The van der Waals surface area contributed by atoms with Gasteiger partial charge in [0.25, 0.3) is 5.56 Å². The van der Waals surface area contributed by atoms with Gasteiger partial charge in [-0.2, -0.15) is 0 Å². The lowest BCUT2D eigenvalue weighted by atomic mass is 9.89. The summed E-state index contributed by atoms with van der Waals surface area (Å²) in [4.78, 5) is 42.3. The van der Waals surface area contributed by atoms with Gasteiger partial charge in [0.15, 0.2) is 5.16 Å². The average molecular weight is 395 g/mol. The van der Waals surface area contributed by atoms with Crippen molar-refractivity contribution in [3.63, 3.8) is 0 Å². The molecule has 0 aromatic carbocycles. The van der Waals surface area contributed by atoms with Crippen molar-refractivity contribution in [3.8, 4) is 0 Å². The summed E-state index contributed by atoms with van der Waals surface area (Å²) in [5.74, 6) is -0.198. The first-order valence-electron chi connectivity index (χ1n) is 8.63. The summed E-state index contributed by atoms with van der Waals surface area (Å²) in [5, 5.41) is 3.72. The van der Waals surface area contributed by atoms with E-state index in [1.165, 1.54) is 22.2 Å². The standard InChI is InChI=1S/C17H22N4O3S2/c1-3-21-16(24)14-10-5-4-9(2)6-11(10)26-15(14)20-17(21)25-8-13(23)19-7-12(18)22/h9H,3-8H2,1-2H3,(H2,18,22)(H,19,23)/t9-/m1/s1. The number of amides is 2. The third-order valence-corrected chi connectivity index (χ3v) is 6.61. The third-order valence-electron chi connectivity index (χ3n) is 4.49. The molecule has 0 saturated carbocycles. The second-order valence-electron chi connectivity index (χ2n) is 6.51. The van der Waals surface area contributed by atoms with Crippen LogP contribution in [0.2, 0.25) is 0 Å². The monoisotopic (exact) mass is 394 g/mol. The Morgan fingerprint density at radius 2 is 2.23 bits per heavy atom. The Hall–Kier alpha value is -1.87. The van der Waals surface area contributed by atoms with Crippen LogP contribution in [0.4, 0.5) is 0 Å². The smallest absolute Gasteiger partial charge is 0.263 e. The number of nitrogens with two attached hydrogens (primary N) is 1. The zero-order valence-electron chi connectivity index (χ0n) is 14.8. The Morgan fingerprint density at radius 3 is 2.92 bits per heavy atom. The summed E-state index contributed by atoms with van der Waals surface area (Å²) < 4.78 is 1.62. The van der Waals surface area contributed by atoms with Crippen molar-refractivity contribution in [3.05, 3.63) is 20.8 Å². The van der Waals surface area contributed by atoms with Crippen molar-refractivity contribution in [1.29, 1.82) is 0 Å². The molecular weight excluding hydrogens is 372 g/mol. The molecule has 26 heavy (non-hydrogen) atoms. The zero-order valence-corrected chi connectivity index (χ0v) is 16.5. The number of nitrogens with zero attached hydrogens (tertiary/aromatic N) is 2. The largest absolute Gasteiger partial charge is 0.368 e. The Bertz CT molecular complexity index is 919. The van der Waals surface area contributed by atoms with Gasteiger partial charge in [0.1, 0.15) is 4.83 Å². The van der Waals surface area contributed by atoms with Crippen molar-refractivity contribution in [2.45, 2.75) is 44.8 Å². The molecule has 0 saturated heterocycles. The van der Waals surface area contributed by atoms with Crippen LogP contribution < -0.4 is 16.6 Å². The van der Waals surface area contributed by atoms with E-state index in [2.05, 4.69) is 17.2 Å². The van der Waals surface area contributed by atoms with Gasteiger partial charge in [-0.05, 0) is 37.7 Å². The molecule has 0 aliphatic heterocycles. The molecule has 1 atom stereocenters. The Balaban J connectivity index is 1.90. The first-order chi connectivity index (χ1) is 12.4. The number of primary amides is 1. The lowest BCUT2D eigenvalue weighted by molar-refractivity contribution is -0.123. The number of nitrogens with one attached hydrogen (secondary N) is 1. The van der Waals surface area contributed by atoms with Crippen LogP contribution >= 0.6 is 23.1 Å². The predicted octanol–water partition coefficient (Wildman–Crippen LogP) is 1.30. The molecule has 1 aliphatic carbocycles. The fourth-order valence-electron chi connectivity index (χ4n) is 3.16. The van der Waals surface area contributed by atoms with E-state index < -0.39 is 5.91 Å². The summed E-state index contributed by atoms with van der Waals surface area (Å²) in [7, 11) is 0. The first kappa shape index (κ1) is 18.9. The second kappa shape index (κ2) is 7.79. The highest BCUT2D eigenvalue weighted by Gasteiger charge is 2.24.